The first-order valence-corrected chi connectivity index (χ1v) is 15.3. The number of rotatable bonds is 6. The molecule has 6 atom stereocenters. The molecule has 2 aromatic carbocycles. The molecular weight excluding hydrogens is 665 g/mol. The highest BCUT2D eigenvalue weighted by Crippen LogP contribution is 2.66. The standard InChI is InChI=1S/C30H24BrCl2N3O7/c1-2-5-15-6-3-9-20(24(15)37)23-18-10-11-19-22(21(18)13-29(32)27(40)34(14-31)28(41)30(23,29)33)26(39)35(25(19)38)16-7-4-8-17(12-16)36(42)43/h2-4,6-10,12,19,21-23,37H,1,5,11,13-14H2/t19-,21+,22-,23+,29+,30-/m0/s1. The van der Waals surface area contributed by atoms with E-state index in [-0.39, 0.29) is 41.0 Å². The highest BCUT2D eigenvalue weighted by atomic mass is 79.9. The zero-order valence-corrected chi connectivity index (χ0v) is 25.5. The first-order chi connectivity index (χ1) is 20.4. The van der Waals surface area contributed by atoms with Gasteiger partial charge in [0.2, 0.25) is 11.8 Å². The number of para-hydroxylation sites is 1. The van der Waals surface area contributed by atoms with Crippen LogP contribution in [0.2, 0.25) is 0 Å². The molecule has 10 nitrogen and oxygen atoms in total. The molecule has 2 saturated heterocycles. The van der Waals surface area contributed by atoms with Gasteiger partial charge in [0, 0.05) is 23.6 Å². The largest absolute Gasteiger partial charge is 0.507 e. The van der Waals surface area contributed by atoms with E-state index in [0.717, 1.165) is 15.9 Å². The Morgan fingerprint density at radius 3 is 2.49 bits per heavy atom. The number of nitro groups is 1. The second kappa shape index (κ2) is 10.3. The smallest absolute Gasteiger partial charge is 0.271 e. The van der Waals surface area contributed by atoms with Crippen molar-refractivity contribution in [3.8, 4) is 5.75 Å². The van der Waals surface area contributed by atoms with E-state index in [1.54, 1.807) is 30.4 Å². The molecule has 13 heteroatoms. The Morgan fingerprint density at radius 1 is 1.09 bits per heavy atom. The van der Waals surface area contributed by atoms with Crippen molar-refractivity contribution in [1.29, 1.82) is 0 Å². The van der Waals surface area contributed by atoms with E-state index in [1.165, 1.54) is 18.2 Å². The monoisotopic (exact) mass is 687 g/mol. The predicted octanol–water partition coefficient (Wildman–Crippen LogP) is 4.94. The number of hydrogen-bond acceptors (Lipinski definition) is 7. The molecule has 1 saturated carbocycles. The summed E-state index contributed by atoms with van der Waals surface area (Å²) in [5.74, 6) is -6.47. The molecule has 4 aliphatic rings. The van der Waals surface area contributed by atoms with E-state index in [2.05, 4.69) is 22.5 Å². The van der Waals surface area contributed by atoms with Gasteiger partial charge < -0.3 is 5.11 Å². The van der Waals surface area contributed by atoms with E-state index in [9.17, 15) is 34.4 Å². The number of fused-ring (bicyclic) bond motifs is 4. The number of benzene rings is 2. The second-order valence-electron chi connectivity index (χ2n) is 11.1. The van der Waals surface area contributed by atoms with Crippen molar-refractivity contribution in [3.63, 3.8) is 0 Å². The van der Waals surface area contributed by atoms with Gasteiger partial charge in [-0.25, -0.2) is 4.90 Å². The first-order valence-electron chi connectivity index (χ1n) is 13.5. The summed E-state index contributed by atoms with van der Waals surface area (Å²) in [6, 6.07) is 10.3. The fourth-order valence-corrected chi connectivity index (χ4v) is 8.68. The number of likely N-dealkylation sites (tertiary alicyclic amines) is 1. The van der Waals surface area contributed by atoms with Gasteiger partial charge in [0.25, 0.3) is 17.5 Å². The Hall–Kier alpha value is -3.54. The van der Waals surface area contributed by atoms with Crippen molar-refractivity contribution in [3.05, 3.63) is 88.0 Å². The van der Waals surface area contributed by atoms with E-state index < -0.39 is 62.0 Å². The third-order valence-corrected chi connectivity index (χ3v) is 11.1. The maximum absolute atomic E-state index is 14.1. The summed E-state index contributed by atoms with van der Waals surface area (Å²) in [4.78, 5) is 64.0. The number of nitrogens with zero attached hydrogens (tertiary/aromatic N) is 3. The van der Waals surface area contributed by atoms with Gasteiger partial charge in [0.15, 0.2) is 9.75 Å². The minimum atomic E-state index is -2.05. The molecule has 6 rings (SSSR count). The van der Waals surface area contributed by atoms with Crippen molar-refractivity contribution in [2.75, 3.05) is 10.4 Å². The summed E-state index contributed by atoms with van der Waals surface area (Å²) in [7, 11) is 0. The van der Waals surface area contributed by atoms with Crippen LogP contribution in [0, 0.1) is 27.9 Å². The van der Waals surface area contributed by atoms with Crippen LogP contribution < -0.4 is 4.90 Å². The molecule has 4 amide bonds. The number of halogens is 3. The lowest BCUT2D eigenvalue weighted by Crippen LogP contribution is -2.60. The van der Waals surface area contributed by atoms with E-state index in [1.807, 2.05) is 0 Å². The number of hydrogen-bond donors (Lipinski definition) is 1. The summed E-state index contributed by atoms with van der Waals surface area (Å²) in [6.07, 6.45) is 3.57. The molecule has 0 aromatic heterocycles. The minimum Gasteiger partial charge on any atom is -0.507 e. The normalized spacial score (nSPS) is 31.5. The number of nitro benzene ring substituents is 1. The third kappa shape index (κ3) is 3.90. The number of aromatic hydroxyl groups is 1. The molecule has 0 unspecified atom stereocenters. The fraction of sp³-hybridized carbons (Fsp3) is 0.333. The zero-order chi connectivity index (χ0) is 31.0. The molecule has 2 heterocycles. The van der Waals surface area contributed by atoms with Gasteiger partial charge in [-0.15, -0.1) is 29.8 Å². The highest BCUT2D eigenvalue weighted by Gasteiger charge is 2.76. The molecule has 43 heavy (non-hydrogen) atoms. The van der Waals surface area contributed by atoms with E-state index >= 15 is 0 Å². The van der Waals surface area contributed by atoms with Crippen LogP contribution in [0.25, 0.3) is 0 Å². The van der Waals surface area contributed by atoms with Crippen molar-refractivity contribution in [1.82, 2.24) is 4.90 Å². The summed E-state index contributed by atoms with van der Waals surface area (Å²) < 4.78 is 0. The lowest BCUT2D eigenvalue weighted by molar-refractivity contribution is -0.384. The minimum absolute atomic E-state index is 0.0622. The quantitative estimate of drug-likeness (QED) is 0.113. The van der Waals surface area contributed by atoms with Crippen molar-refractivity contribution in [2.24, 2.45) is 17.8 Å². The van der Waals surface area contributed by atoms with Gasteiger partial charge in [0.1, 0.15) is 5.75 Å². The molecule has 1 N–H and O–H groups in total. The Bertz CT molecular complexity index is 1680. The fourth-order valence-electron chi connectivity index (χ4n) is 7.26. The number of anilines is 1. The Balaban J connectivity index is 1.52. The molecule has 2 aromatic rings. The maximum Gasteiger partial charge on any atom is 0.271 e. The average molecular weight is 689 g/mol. The van der Waals surface area contributed by atoms with Crippen molar-refractivity contribution >= 4 is 74.1 Å². The van der Waals surface area contributed by atoms with E-state index in [0.29, 0.717) is 17.6 Å². The van der Waals surface area contributed by atoms with Crippen LogP contribution in [0.1, 0.15) is 29.9 Å². The molecule has 0 spiro atoms. The van der Waals surface area contributed by atoms with Crippen LogP contribution in [0.5, 0.6) is 5.75 Å². The summed E-state index contributed by atoms with van der Waals surface area (Å²) >= 11 is 17.6. The topological polar surface area (TPSA) is 138 Å². The van der Waals surface area contributed by atoms with Crippen LogP contribution in [0.3, 0.4) is 0 Å². The summed E-state index contributed by atoms with van der Waals surface area (Å²) in [5, 5.41) is 22.8. The molecule has 2 aliphatic carbocycles. The van der Waals surface area contributed by atoms with Crippen LogP contribution in [0.4, 0.5) is 11.4 Å². The molecular formula is C30H24BrCl2N3O7. The Kier molecular flexibility index (Phi) is 7.06. The molecule has 222 valence electrons. The average Bonchev–Trinajstić information content (AvgIpc) is 3.32. The van der Waals surface area contributed by atoms with E-state index in [4.69, 9.17) is 23.2 Å². The third-order valence-electron chi connectivity index (χ3n) is 9.14. The molecule has 3 fully saturated rings. The number of allylic oxidation sites excluding steroid dienone is 3. The second-order valence-corrected chi connectivity index (χ2v) is 12.9. The lowest BCUT2D eigenvalue weighted by Gasteiger charge is -2.50. The number of imide groups is 2. The van der Waals surface area contributed by atoms with Gasteiger partial charge in [-0.3, -0.25) is 34.2 Å². The Morgan fingerprint density at radius 2 is 1.81 bits per heavy atom. The number of carbonyl (C=O) groups is 4. The highest BCUT2D eigenvalue weighted by molar-refractivity contribution is 9.09. The van der Waals surface area contributed by atoms with Gasteiger partial charge >= 0.3 is 0 Å². The lowest BCUT2D eigenvalue weighted by atomic mass is 9.56. The van der Waals surface area contributed by atoms with Gasteiger partial charge in [-0.1, -0.05) is 57.9 Å². The first kappa shape index (κ1) is 29.5. The SMILES string of the molecule is C=CCc1cccc([C@H]2C3=CC[C@@H]4C(=O)N(c5cccc([N+](=O)[O-])c5)C(=O)[C@@H]4[C@@H]3C[C@@]3(Cl)C(=O)N(CBr)C(=O)[C@@]23Cl)c1O. The van der Waals surface area contributed by atoms with Crippen molar-refractivity contribution in [2.45, 2.75) is 34.9 Å². The number of phenolic OH excluding ortho intramolecular Hbond substituents is 1. The number of carbonyl (C=O) groups excluding carboxylic acids is 4. The molecule has 0 bridgehead atoms. The van der Waals surface area contributed by atoms with Crippen LogP contribution in [-0.4, -0.2) is 53.8 Å². The van der Waals surface area contributed by atoms with Gasteiger partial charge in [-0.05, 0) is 36.8 Å². The number of alkyl halides is 3. The molecule has 0 radical (unpaired) electrons. The summed E-state index contributed by atoms with van der Waals surface area (Å²) in [6.45, 7) is 3.73. The van der Waals surface area contributed by atoms with Crippen molar-refractivity contribution < 1.29 is 29.2 Å². The van der Waals surface area contributed by atoms with Crippen LogP contribution in [0.15, 0.2) is 66.8 Å². The molecule has 2 aliphatic heterocycles. The van der Waals surface area contributed by atoms with Gasteiger partial charge in [-0.2, -0.15) is 0 Å². The predicted molar refractivity (Wildman–Crippen MR) is 161 cm³/mol. The number of phenols is 1. The summed E-state index contributed by atoms with van der Waals surface area (Å²) in [5.41, 5.74) is 0.915. The number of amides is 4. The van der Waals surface area contributed by atoms with Crippen LogP contribution in [-0.2, 0) is 25.6 Å². The van der Waals surface area contributed by atoms with Crippen LogP contribution >= 0.6 is 39.1 Å². The van der Waals surface area contributed by atoms with Gasteiger partial charge in [0.05, 0.1) is 27.9 Å². The number of non-ortho nitro benzene ring substituents is 1. The Labute approximate surface area is 264 Å². The zero-order valence-electron chi connectivity index (χ0n) is 22.4. The maximum atomic E-state index is 14.1.